The summed E-state index contributed by atoms with van der Waals surface area (Å²) in [5.74, 6) is -0.966. The van der Waals surface area contributed by atoms with Gasteiger partial charge in [0, 0.05) is 36.2 Å². The van der Waals surface area contributed by atoms with Gasteiger partial charge in [0.25, 0.3) is 0 Å². The molecule has 0 aliphatic heterocycles. The number of benzene rings is 2. The monoisotopic (exact) mass is 600 g/mol. The van der Waals surface area contributed by atoms with Gasteiger partial charge in [-0.25, -0.2) is 18.6 Å². The second-order valence-electron chi connectivity index (χ2n) is 12.5. The van der Waals surface area contributed by atoms with Gasteiger partial charge < -0.3 is 10.1 Å². The molecule has 0 radical (unpaired) electrons. The van der Waals surface area contributed by atoms with Gasteiger partial charge in [-0.15, -0.1) is 0 Å². The molecule has 0 saturated heterocycles. The summed E-state index contributed by atoms with van der Waals surface area (Å²) in [4.78, 5) is 34.3. The molecule has 1 amide bonds. The van der Waals surface area contributed by atoms with Gasteiger partial charge in [0.2, 0.25) is 5.91 Å². The number of aromatic nitrogens is 5. The number of hydrogen-bond acceptors (Lipinski definition) is 6. The van der Waals surface area contributed by atoms with Crippen molar-refractivity contribution in [2.75, 3.05) is 6.54 Å². The average molecular weight is 601 g/mol. The van der Waals surface area contributed by atoms with Crippen molar-refractivity contribution in [3.63, 3.8) is 0 Å². The van der Waals surface area contributed by atoms with E-state index >= 15 is 4.39 Å². The molecule has 44 heavy (non-hydrogen) atoms. The standard InChI is InChI=1S/C33H34F2N6O3/c1-18(2)22-14-20(8-10-24(22)34)25-17-40-27(16-37-25)39-30(19-6-7-19)31(40)21-9-11-26-23(29(21)35)15-38-41(26)28(42)12-13-36-32(43)44-33(3,4)5/h8-11,14-19H,6-7,12-13H2,1-5H3,(H,36,43). The van der Waals surface area contributed by atoms with Crippen molar-refractivity contribution in [3.05, 3.63) is 71.8 Å². The van der Waals surface area contributed by atoms with Crippen LogP contribution in [0.25, 0.3) is 39.1 Å². The maximum absolute atomic E-state index is 16.3. The smallest absolute Gasteiger partial charge is 0.407 e. The summed E-state index contributed by atoms with van der Waals surface area (Å²) in [5.41, 5.74) is 3.96. The van der Waals surface area contributed by atoms with Crippen molar-refractivity contribution in [1.29, 1.82) is 0 Å². The fourth-order valence-corrected chi connectivity index (χ4v) is 5.32. The first kappa shape index (κ1) is 29.4. The van der Waals surface area contributed by atoms with E-state index < -0.39 is 23.4 Å². The van der Waals surface area contributed by atoms with Crippen LogP contribution < -0.4 is 5.32 Å². The summed E-state index contributed by atoms with van der Waals surface area (Å²) < 4.78 is 38.9. The van der Waals surface area contributed by atoms with Crippen LogP contribution in [0.15, 0.2) is 48.9 Å². The Morgan fingerprint density at radius 2 is 1.89 bits per heavy atom. The van der Waals surface area contributed by atoms with Gasteiger partial charge in [0.15, 0.2) is 5.65 Å². The van der Waals surface area contributed by atoms with E-state index in [2.05, 4.69) is 15.4 Å². The SMILES string of the molecule is CC(C)c1cc(-c2cn3c(-c4ccc5c(cnn5C(=O)CCNC(=O)OC(C)(C)C)c4F)c(C4CC4)nc3cn2)ccc1F. The molecule has 3 heterocycles. The Hall–Kier alpha value is -4.67. The molecule has 2 aromatic carbocycles. The lowest BCUT2D eigenvalue weighted by molar-refractivity contribution is 0.0526. The molecule has 1 saturated carbocycles. The van der Waals surface area contributed by atoms with Gasteiger partial charge in [-0.05, 0) is 75.4 Å². The van der Waals surface area contributed by atoms with Crippen molar-refractivity contribution in [2.24, 2.45) is 0 Å². The summed E-state index contributed by atoms with van der Waals surface area (Å²) in [6.07, 6.45) is 6.06. The van der Waals surface area contributed by atoms with Crippen LogP contribution in [0.1, 0.15) is 81.8 Å². The lowest BCUT2D eigenvalue weighted by Gasteiger charge is -2.19. The highest BCUT2D eigenvalue weighted by molar-refractivity contribution is 5.93. The number of nitrogens with one attached hydrogen (secondary N) is 1. The highest BCUT2D eigenvalue weighted by Crippen LogP contribution is 2.45. The predicted molar refractivity (Wildman–Crippen MR) is 163 cm³/mol. The molecule has 1 N–H and O–H groups in total. The van der Waals surface area contributed by atoms with E-state index in [4.69, 9.17) is 9.72 Å². The predicted octanol–water partition coefficient (Wildman–Crippen LogP) is 7.25. The summed E-state index contributed by atoms with van der Waals surface area (Å²) >= 11 is 0. The minimum absolute atomic E-state index is 0.00110. The van der Waals surface area contributed by atoms with Gasteiger partial charge >= 0.3 is 6.09 Å². The molecule has 0 unspecified atom stereocenters. The van der Waals surface area contributed by atoms with Crippen LogP contribution in [-0.2, 0) is 4.74 Å². The first-order valence-electron chi connectivity index (χ1n) is 14.8. The first-order chi connectivity index (χ1) is 20.9. The number of imidazole rings is 1. The number of nitrogens with zero attached hydrogens (tertiary/aromatic N) is 5. The minimum Gasteiger partial charge on any atom is -0.444 e. The zero-order valence-electron chi connectivity index (χ0n) is 25.3. The zero-order chi connectivity index (χ0) is 31.3. The Morgan fingerprint density at radius 3 is 2.59 bits per heavy atom. The Labute approximate surface area is 253 Å². The second kappa shape index (κ2) is 11.1. The third kappa shape index (κ3) is 5.66. The lowest BCUT2D eigenvalue weighted by Crippen LogP contribution is -2.34. The second-order valence-corrected chi connectivity index (χ2v) is 12.5. The van der Waals surface area contributed by atoms with Crippen molar-refractivity contribution in [3.8, 4) is 22.5 Å². The van der Waals surface area contributed by atoms with Crippen molar-refractivity contribution in [1.82, 2.24) is 29.5 Å². The summed E-state index contributed by atoms with van der Waals surface area (Å²) in [5, 5.41) is 6.92. The number of alkyl carbamates (subject to hydrolysis) is 1. The van der Waals surface area contributed by atoms with Crippen molar-refractivity contribution in [2.45, 2.75) is 71.3 Å². The van der Waals surface area contributed by atoms with Crippen LogP contribution in [-0.4, -0.2) is 48.3 Å². The van der Waals surface area contributed by atoms with Crippen LogP contribution in [0.5, 0.6) is 0 Å². The molecule has 11 heteroatoms. The van der Waals surface area contributed by atoms with Crippen LogP contribution in [0.3, 0.4) is 0 Å². The molecule has 1 aliphatic carbocycles. The number of hydrogen-bond donors (Lipinski definition) is 1. The fraction of sp³-hybridized carbons (Fsp3) is 0.364. The first-order valence-corrected chi connectivity index (χ1v) is 14.8. The summed E-state index contributed by atoms with van der Waals surface area (Å²) in [6.45, 7) is 9.17. The highest BCUT2D eigenvalue weighted by atomic mass is 19.1. The molecule has 3 aromatic heterocycles. The number of rotatable bonds is 7. The normalized spacial score (nSPS) is 13.6. The number of carbonyl (C=O) groups excluding carboxylic acids is 2. The van der Waals surface area contributed by atoms with Crippen LogP contribution in [0.2, 0.25) is 0 Å². The van der Waals surface area contributed by atoms with E-state index in [1.807, 2.05) is 24.4 Å². The summed E-state index contributed by atoms with van der Waals surface area (Å²) in [7, 11) is 0. The van der Waals surface area contributed by atoms with Gasteiger partial charge in [-0.2, -0.15) is 9.78 Å². The van der Waals surface area contributed by atoms with E-state index in [0.29, 0.717) is 33.7 Å². The van der Waals surface area contributed by atoms with Gasteiger partial charge in [-0.1, -0.05) is 13.8 Å². The van der Waals surface area contributed by atoms with Crippen LogP contribution >= 0.6 is 0 Å². The number of ether oxygens (including phenoxy) is 1. The molecule has 0 spiro atoms. The highest BCUT2D eigenvalue weighted by Gasteiger charge is 2.32. The van der Waals surface area contributed by atoms with Crippen molar-refractivity contribution < 1.29 is 23.1 Å². The number of fused-ring (bicyclic) bond motifs is 2. The third-order valence-electron chi connectivity index (χ3n) is 7.60. The largest absolute Gasteiger partial charge is 0.444 e. The van der Waals surface area contributed by atoms with Crippen LogP contribution in [0.4, 0.5) is 13.6 Å². The molecular weight excluding hydrogens is 566 g/mol. The molecule has 1 fully saturated rings. The van der Waals surface area contributed by atoms with E-state index in [1.165, 1.54) is 12.3 Å². The fourth-order valence-electron chi connectivity index (χ4n) is 5.32. The Morgan fingerprint density at radius 1 is 1.11 bits per heavy atom. The molecule has 5 aromatic rings. The lowest BCUT2D eigenvalue weighted by atomic mass is 9.99. The molecule has 9 nitrogen and oxygen atoms in total. The Kier molecular flexibility index (Phi) is 7.43. The minimum atomic E-state index is -0.655. The third-order valence-corrected chi connectivity index (χ3v) is 7.60. The topological polar surface area (TPSA) is 103 Å². The van der Waals surface area contributed by atoms with Gasteiger partial charge in [0.05, 0.1) is 40.4 Å². The Bertz CT molecular complexity index is 1920. The van der Waals surface area contributed by atoms with E-state index in [9.17, 15) is 14.0 Å². The zero-order valence-corrected chi connectivity index (χ0v) is 25.3. The molecule has 0 bridgehead atoms. The maximum Gasteiger partial charge on any atom is 0.407 e. The van der Waals surface area contributed by atoms with Crippen molar-refractivity contribution >= 4 is 28.6 Å². The Balaban J connectivity index is 1.35. The summed E-state index contributed by atoms with van der Waals surface area (Å²) in [6, 6.07) is 8.25. The molecule has 228 valence electrons. The average Bonchev–Trinajstić information content (AvgIpc) is 3.60. The molecule has 6 rings (SSSR count). The number of amides is 1. The van der Waals surface area contributed by atoms with E-state index in [1.54, 1.807) is 51.2 Å². The number of carbonyl (C=O) groups is 2. The quantitative estimate of drug-likeness (QED) is 0.211. The molecular formula is C33H34F2N6O3. The van der Waals surface area contributed by atoms with Gasteiger partial charge in [0.1, 0.15) is 17.2 Å². The van der Waals surface area contributed by atoms with Gasteiger partial charge in [-0.3, -0.25) is 14.2 Å². The van der Waals surface area contributed by atoms with E-state index in [-0.39, 0.29) is 36.0 Å². The number of halogens is 2. The maximum atomic E-state index is 16.3. The van der Waals surface area contributed by atoms with E-state index in [0.717, 1.165) is 28.8 Å². The van der Waals surface area contributed by atoms with Crippen LogP contribution in [0, 0.1) is 11.6 Å². The molecule has 0 atom stereocenters. The molecule has 1 aliphatic rings.